The van der Waals surface area contributed by atoms with Crippen LogP contribution in [0.3, 0.4) is 0 Å². The number of rotatable bonds is 5. The predicted octanol–water partition coefficient (Wildman–Crippen LogP) is -0.0544. The van der Waals surface area contributed by atoms with Crippen molar-refractivity contribution in [1.82, 2.24) is 0 Å². The van der Waals surface area contributed by atoms with E-state index in [1.54, 1.807) is 0 Å². The molecule has 1 aromatic rings. The van der Waals surface area contributed by atoms with E-state index in [2.05, 4.69) is 9.46 Å². The van der Waals surface area contributed by atoms with Gasteiger partial charge in [0.15, 0.2) is 5.25 Å². The van der Waals surface area contributed by atoms with Gasteiger partial charge in [-0.1, -0.05) is 6.07 Å². The SMILES string of the molecule is COC(=O)C(C)S(=O)(=O)Nc1cccc(S(N)(=O)=O)c1C. The highest BCUT2D eigenvalue weighted by atomic mass is 32.2. The van der Waals surface area contributed by atoms with Gasteiger partial charge >= 0.3 is 5.97 Å². The van der Waals surface area contributed by atoms with Crippen LogP contribution in [0.2, 0.25) is 0 Å². The van der Waals surface area contributed by atoms with Gasteiger partial charge in [-0.2, -0.15) is 0 Å². The molecular weight excluding hydrogens is 320 g/mol. The van der Waals surface area contributed by atoms with E-state index in [0.29, 0.717) is 0 Å². The number of methoxy groups -OCH3 is 1. The van der Waals surface area contributed by atoms with Crippen molar-refractivity contribution in [2.45, 2.75) is 24.0 Å². The van der Waals surface area contributed by atoms with Crippen molar-refractivity contribution in [3.8, 4) is 0 Å². The number of esters is 1. The monoisotopic (exact) mass is 336 g/mol. The van der Waals surface area contributed by atoms with Crippen molar-refractivity contribution < 1.29 is 26.4 Å². The minimum atomic E-state index is -4.07. The van der Waals surface area contributed by atoms with Gasteiger partial charge < -0.3 is 4.74 Å². The lowest BCUT2D eigenvalue weighted by Crippen LogP contribution is -2.33. The van der Waals surface area contributed by atoms with Crippen molar-refractivity contribution in [3.63, 3.8) is 0 Å². The molecule has 0 fully saturated rings. The minimum absolute atomic E-state index is 0.0253. The Morgan fingerprint density at radius 1 is 1.29 bits per heavy atom. The first-order valence-corrected chi connectivity index (χ1v) is 8.82. The number of anilines is 1. The van der Waals surface area contributed by atoms with Crippen LogP contribution in [0.15, 0.2) is 23.1 Å². The molecular formula is C11H16N2O6S2. The Hall–Kier alpha value is -1.65. The molecule has 3 N–H and O–H groups in total. The van der Waals surface area contributed by atoms with Gasteiger partial charge in [-0.15, -0.1) is 0 Å². The Morgan fingerprint density at radius 3 is 2.33 bits per heavy atom. The maximum atomic E-state index is 12.0. The van der Waals surface area contributed by atoms with Crippen LogP contribution >= 0.6 is 0 Å². The molecule has 1 atom stereocenters. The molecule has 10 heteroatoms. The lowest BCUT2D eigenvalue weighted by atomic mass is 10.2. The molecule has 8 nitrogen and oxygen atoms in total. The normalized spacial score (nSPS) is 13.5. The van der Waals surface area contributed by atoms with Gasteiger partial charge in [0.25, 0.3) is 0 Å². The third kappa shape index (κ3) is 3.93. The second-order valence-electron chi connectivity index (χ2n) is 4.29. The standard InChI is InChI=1S/C11H16N2O6S2/c1-7-9(5-4-6-10(7)20(12,15)16)13-21(17,18)8(2)11(14)19-3/h4-6,8,13H,1-3H3,(H2,12,15,16). The summed E-state index contributed by atoms with van der Waals surface area (Å²) < 4.78 is 53.4. The zero-order valence-electron chi connectivity index (χ0n) is 11.7. The molecule has 1 rings (SSSR count). The van der Waals surface area contributed by atoms with Crippen LogP contribution in [0.5, 0.6) is 0 Å². The summed E-state index contributed by atoms with van der Waals surface area (Å²) in [6, 6.07) is 3.96. The summed E-state index contributed by atoms with van der Waals surface area (Å²) >= 11 is 0. The van der Waals surface area contributed by atoms with Crippen LogP contribution in [-0.2, 0) is 29.6 Å². The molecule has 0 radical (unpaired) electrons. The fraction of sp³-hybridized carbons (Fsp3) is 0.364. The number of hydrogen-bond donors (Lipinski definition) is 2. The van der Waals surface area contributed by atoms with E-state index in [-0.39, 0.29) is 16.1 Å². The van der Waals surface area contributed by atoms with E-state index in [1.165, 1.54) is 25.1 Å². The van der Waals surface area contributed by atoms with E-state index >= 15 is 0 Å². The number of carbonyl (C=O) groups is 1. The van der Waals surface area contributed by atoms with Crippen LogP contribution in [0.1, 0.15) is 12.5 Å². The Labute approximate surface area is 123 Å². The smallest absolute Gasteiger partial charge is 0.325 e. The van der Waals surface area contributed by atoms with Gasteiger partial charge in [-0.3, -0.25) is 9.52 Å². The summed E-state index contributed by atoms with van der Waals surface area (Å²) in [5.41, 5.74) is 0.165. The Balaban J connectivity index is 3.24. The molecule has 1 unspecified atom stereocenters. The molecule has 0 aliphatic heterocycles. The fourth-order valence-corrected chi connectivity index (χ4v) is 3.43. The summed E-state index contributed by atoms with van der Waals surface area (Å²) in [7, 11) is -6.98. The topological polar surface area (TPSA) is 133 Å². The number of hydrogen-bond acceptors (Lipinski definition) is 6. The highest BCUT2D eigenvalue weighted by Gasteiger charge is 2.29. The molecule has 0 heterocycles. The Kier molecular flexibility index (Phi) is 4.97. The van der Waals surface area contributed by atoms with E-state index in [1.807, 2.05) is 0 Å². The van der Waals surface area contributed by atoms with E-state index in [9.17, 15) is 21.6 Å². The Bertz CT molecular complexity index is 755. The first-order valence-electron chi connectivity index (χ1n) is 5.72. The van der Waals surface area contributed by atoms with Crippen molar-refractivity contribution in [3.05, 3.63) is 23.8 Å². The first kappa shape index (κ1) is 17.4. The molecule has 0 bridgehead atoms. The molecule has 21 heavy (non-hydrogen) atoms. The maximum Gasteiger partial charge on any atom is 0.325 e. The third-order valence-corrected chi connectivity index (χ3v) is 5.52. The average Bonchev–Trinajstić information content (AvgIpc) is 2.37. The number of ether oxygens (including phenoxy) is 1. The number of nitrogens with two attached hydrogens (primary N) is 1. The summed E-state index contributed by atoms with van der Waals surface area (Å²) in [6.45, 7) is 2.56. The second-order valence-corrected chi connectivity index (χ2v) is 7.82. The third-order valence-electron chi connectivity index (χ3n) is 2.84. The lowest BCUT2D eigenvalue weighted by Gasteiger charge is -2.15. The molecule has 0 aliphatic rings. The number of sulfonamides is 2. The molecule has 1 aromatic carbocycles. The van der Waals surface area contributed by atoms with Crippen LogP contribution < -0.4 is 9.86 Å². The summed E-state index contributed by atoms with van der Waals surface area (Å²) in [5, 5.41) is 3.60. The molecule has 0 aromatic heterocycles. The maximum absolute atomic E-state index is 12.0. The summed E-state index contributed by atoms with van der Waals surface area (Å²) in [4.78, 5) is 11.1. The molecule has 0 aliphatic carbocycles. The molecule has 118 valence electrons. The van der Waals surface area contributed by atoms with Gasteiger partial charge in [0, 0.05) is 0 Å². The number of carbonyl (C=O) groups excluding carboxylic acids is 1. The minimum Gasteiger partial charge on any atom is -0.468 e. The fourth-order valence-electron chi connectivity index (χ4n) is 1.57. The van der Waals surface area contributed by atoms with Crippen LogP contribution in [-0.4, -0.2) is 35.2 Å². The number of benzene rings is 1. The number of nitrogens with one attached hydrogen (secondary N) is 1. The molecule has 0 saturated heterocycles. The van der Waals surface area contributed by atoms with Crippen molar-refractivity contribution in [2.24, 2.45) is 5.14 Å². The first-order chi connectivity index (χ1) is 9.50. The van der Waals surface area contributed by atoms with Crippen LogP contribution in [0, 0.1) is 6.92 Å². The highest BCUT2D eigenvalue weighted by Crippen LogP contribution is 2.23. The lowest BCUT2D eigenvalue weighted by molar-refractivity contribution is -0.139. The zero-order chi connectivity index (χ0) is 16.4. The predicted molar refractivity (Wildman–Crippen MR) is 76.6 cm³/mol. The molecule has 0 spiro atoms. The van der Waals surface area contributed by atoms with Crippen molar-refractivity contribution in [2.75, 3.05) is 11.8 Å². The van der Waals surface area contributed by atoms with Gasteiger partial charge in [-0.25, -0.2) is 22.0 Å². The average molecular weight is 336 g/mol. The zero-order valence-corrected chi connectivity index (χ0v) is 13.3. The van der Waals surface area contributed by atoms with Gasteiger partial charge in [0.1, 0.15) is 0 Å². The van der Waals surface area contributed by atoms with Gasteiger partial charge in [0.2, 0.25) is 20.0 Å². The van der Waals surface area contributed by atoms with E-state index in [4.69, 9.17) is 5.14 Å². The van der Waals surface area contributed by atoms with Crippen LogP contribution in [0.4, 0.5) is 5.69 Å². The largest absolute Gasteiger partial charge is 0.468 e. The van der Waals surface area contributed by atoms with E-state index in [0.717, 1.165) is 14.0 Å². The molecule has 0 amide bonds. The second kappa shape index (κ2) is 6.00. The van der Waals surface area contributed by atoms with Crippen molar-refractivity contribution in [1.29, 1.82) is 0 Å². The quantitative estimate of drug-likeness (QED) is 0.724. The van der Waals surface area contributed by atoms with Crippen molar-refractivity contribution >= 4 is 31.7 Å². The van der Waals surface area contributed by atoms with Gasteiger partial charge in [-0.05, 0) is 31.5 Å². The summed E-state index contributed by atoms with van der Waals surface area (Å²) in [5.74, 6) is -0.928. The van der Waals surface area contributed by atoms with Gasteiger partial charge in [0.05, 0.1) is 17.7 Å². The summed E-state index contributed by atoms with van der Waals surface area (Å²) in [6.07, 6.45) is 0. The number of primary sulfonamides is 1. The Morgan fingerprint density at radius 2 is 1.86 bits per heavy atom. The van der Waals surface area contributed by atoms with E-state index < -0.39 is 31.3 Å². The highest BCUT2D eigenvalue weighted by molar-refractivity contribution is 7.94. The molecule has 0 saturated carbocycles. The van der Waals surface area contributed by atoms with Crippen LogP contribution in [0.25, 0.3) is 0 Å².